The zero-order valence-corrected chi connectivity index (χ0v) is 16.9. The molecule has 0 radical (unpaired) electrons. The first kappa shape index (κ1) is 21.6. The van der Waals surface area contributed by atoms with Crippen LogP contribution in [0.1, 0.15) is 12.5 Å². The van der Waals surface area contributed by atoms with Gasteiger partial charge in [0.05, 0.1) is 5.71 Å². The van der Waals surface area contributed by atoms with Gasteiger partial charge in [-0.1, -0.05) is 60.7 Å². The van der Waals surface area contributed by atoms with Crippen molar-refractivity contribution in [3.63, 3.8) is 0 Å². The molecule has 3 aromatic carbocycles. The first-order valence-electron chi connectivity index (χ1n) is 9.58. The summed E-state index contributed by atoms with van der Waals surface area (Å²) in [5.74, 6) is -0.452. The Balaban J connectivity index is 1.59. The van der Waals surface area contributed by atoms with E-state index in [2.05, 4.69) is 10.5 Å². The van der Waals surface area contributed by atoms with E-state index in [4.69, 9.17) is 14.6 Å². The number of hydrogen-bond donors (Lipinski definition) is 2. The zero-order valence-electron chi connectivity index (χ0n) is 16.9. The van der Waals surface area contributed by atoms with Gasteiger partial charge < -0.3 is 14.6 Å². The quantitative estimate of drug-likeness (QED) is 0.408. The van der Waals surface area contributed by atoms with Crippen LogP contribution in [0.25, 0.3) is 11.1 Å². The number of rotatable bonds is 9. The molecule has 2 N–H and O–H groups in total. The second-order valence-electron chi connectivity index (χ2n) is 6.59. The van der Waals surface area contributed by atoms with E-state index in [-0.39, 0.29) is 6.61 Å². The smallest absolute Gasteiger partial charge is 0.341 e. The van der Waals surface area contributed by atoms with Gasteiger partial charge in [0.25, 0.3) is 5.91 Å². The molecule has 158 valence electrons. The van der Waals surface area contributed by atoms with Crippen molar-refractivity contribution in [2.45, 2.75) is 6.92 Å². The first-order chi connectivity index (χ1) is 15.0. The van der Waals surface area contributed by atoms with Gasteiger partial charge in [0, 0.05) is 11.1 Å². The molecule has 31 heavy (non-hydrogen) atoms. The fraction of sp³-hybridized carbons (Fsp3) is 0.125. The van der Waals surface area contributed by atoms with E-state index in [1.165, 1.54) is 0 Å². The highest BCUT2D eigenvalue weighted by Crippen LogP contribution is 2.29. The van der Waals surface area contributed by atoms with Crippen LogP contribution in [0.3, 0.4) is 0 Å². The summed E-state index contributed by atoms with van der Waals surface area (Å²) in [5.41, 5.74) is 5.60. The summed E-state index contributed by atoms with van der Waals surface area (Å²) in [6.45, 7) is 1.10. The minimum Gasteiger partial charge on any atom is -0.483 e. The summed E-state index contributed by atoms with van der Waals surface area (Å²) in [4.78, 5) is 22.8. The van der Waals surface area contributed by atoms with Crippen molar-refractivity contribution in [2.24, 2.45) is 5.10 Å². The number of hydrogen-bond acceptors (Lipinski definition) is 5. The monoisotopic (exact) mass is 418 g/mol. The Morgan fingerprint density at radius 1 is 0.903 bits per heavy atom. The largest absolute Gasteiger partial charge is 0.483 e. The number of carboxylic acid groups (broad SMARTS) is 1. The Labute approximate surface area is 179 Å². The van der Waals surface area contributed by atoms with E-state index in [9.17, 15) is 9.59 Å². The van der Waals surface area contributed by atoms with Gasteiger partial charge in [0.15, 0.2) is 13.2 Å². The molecule has 0 aliphatic heterocycles. The fourth-order valence-electron chi connectivity index (χ4n) is 2.79. The van der Waals surface area contributed by atoms with Gasteiger partial charge in [0.1, 0.15) is 11.5 Å². The lowest BCUT2D eigenvalue weighted by Crippen LogP contribution is -2.25. The number of nitrogens with one attached hydrogen (secondary N) is 1. The van der Waals surface area contributed by atoms with Crippen molar-refractivity contribution in [3.8, 4) is 22.6 Å². The lowest BCUT2D eigenvalue weighted by Gasteiger charge is -2.11. The SMILES string of the molecule is C/C(=N/NC(=O)COc1ccccc1-c1ccccc1)c1cccc(OCC(=O)O)c1. The van der Waals surface area contributed by atoms with Gasteiger partial charge in [-0.05, 0) is 30.7 Å². The maximum atomic E-state index is 12.2. The highest BCUT2D eigenvalue weighted by Gasteiger charge is 2.08. The second kappa shape index (κ2) is 10.6. The molecule has 0 bridgehead atoms. The number of ether oxygens (including phenoxy) is 2. The van der Waals surface area contributed by atoms with Gasteiger partial charge in [-0.15, -0.1) is 0 Å². The van der Waals surface area contributed by atoms with E-state index >= 15 is 0 Å². The number of amides is 1. The third-order valence-corrected chi connectivity index (χ3v) is 4.29. The van der Waals surface area contributed by atoms with Crippen LogP contribution in [-0.4, -0.2) is 35.9 Å². The van der Waals surface area contributed by atoms with Crippen LogP contribution < -0.4 is 14.9 Å². The van der Waals surface area contributed by atoms with Crippen molar-refractivity contribution in [1.82, 2.24) is 5.43 Å². The molecule has 0 unspecified atom stereocenters. The van der Waals surface area contributed by atoms with Gasteiger partial charge in [-0.25, -0.2) is 10.2 Å². The molecule has 3 rings (SSSR count). The molecule has 0 atom stereocenters. The second-order valence-corrected chi connectivity index (χ2v) is 6.59. The molecule has 0 heterocycles. The summed E-state index contributed by atoms with van der Waals surface area (Å²) in [7, 11) is 0. The number of benzene rings is 3. The van der Waals surface area contributed by atoms with Crippen LogP contribution in [0.15, 0.2) is 84.0 Å². The highest BCUT2D eigenvalue weighted by molar-refractivity contribution is 5.99. The summed E-state index contributed by atoms with van der Waals surface area (Å²) in [6.07, 6.45) is 0. The zero-order chi connectivity index (χ0) is 22.1. The summed E-state index contributed by atoms with van der Waals surface area (Å²) in [5, 5.41) is 12.8. The van der Waals surface area contributed by atoms with Gasteiger partial charge >= 0.3 is 5.97 Å². The topological polar surface area (TPSA) is 97.2 Å². The molecule has 0 fully saturated rings. The number of carbonyl (C=O) groups is 2. The number of aliphatic carboxylic acids is 1. The van der Waals surface area contributed by atoms with Crippen LogP contribution in [0, 0.1) is 0 Å². The van der Waals surface area contributed by atoms with Crippen molar-refractivity contribution in [2.75, 3.05) is 13.2 Å². The van der Waals surface area contributed by atoms with Crippen LogP contribution in [0.5, 0.6) is 11.5 Å². The number of nitrogens with zero attached hydrogens (tertiary/aromatic N) is 1. The van der Waals surface area contributed by atoms with Gasteiger partial charge in [-0.2, -0.15) is 5.10 Å². The van der Waals surface area contributed by atoms with Crippen LogP contribution in [0.4, 0.5) is 0 Å². The molecule has 1 amide bonds. The standard InChI is InChI=1S/C24H22N2O5/c1-17(19-10-7-11-20(14-19)30-16-24(28)29)25-26-23(27)15-31-22-13-6-5-12-21(22)18-8-3-2-4-9-18/h2-14H,15-16H2,1H3,(H,26,27)(H,28,29)/b25-17-. The van der Waals surface area contributed by atoms with E-state index < -0.39 is 18.5 Å². The summed E-state index contributed by atoms with van der Waals surface area (Å²) >= 11 is 0. The third-order valence-electron chi connectivity index (χ3n) is 4.29. The molecular formula is C24H22N2O5. The van der Waals surface area contributed by atoms with Gasteiger partial charge in [0.2, 0.25) is 0 Å². The van der Waals surface area contributed by atoms with E-state index in [1.807, 2.05) is 54.6 Å². The van der Waals surface area contributed by atoms with Crippen LogP contribution >= 0.6 is 0 Å². The number of carboxylic acids is 1. The normalized spacial score (nSPS) is 10.9. The Kier molecular flexibility index (Phi) is 7.37. The van der Waals surface area contributed by atoms with Crippen molar-refractivity contribution in [3.05, 3.63) is 84.4 Å². The highest BCUT2D eigenvalue weighted by atomic mass is 16.5. The molecule has 0 saturated carbocycles. The molecule has 3 aromatic rings. The Morgan fingerprint density at radius 2 is 1.65 bits per heavy atom. The minimum atomic E-state index is -1.06. The third kappa shape index (κ3) is 6.43. The van der Waals surface area contributed by atoms with E-state index in [0.717, 1.165) is 11.1 Å². The molecule has 0 saturated heterocycles. The molecular weight excluding hydrogens is 396 g/mol. The predicted octanol–water partition coefficient (Wildman–Crippen LogP) is 3.74. The van der Waals surface area contributed by atoms with E-state index in [0.29, 0.717) is 22.8 Å². The molecule has 7 heteroatoms. The number of para-hydroxylation sites is 1. The average molecular weight is 418 g/mol. The minimum absolute atomic E-state index is 0.192. The fourth-order valence-corrected chi connectivity index (χ4v) is 2.79. The van der Waals surface area contributed by atoms with Crippen LogP contribution in [0.2, 0.25) is 0 Å². The summed E-state index contributed by atoms with van der Waals surface area (Å²) in [6, 6.07) is 24.1. The maximum absolute atomic E-state index is 12.2. The lowest BCUT2D eigenvalue weighted by atomic mass is 10.1. The van der Waals surface area contributed by atoms with Crippen molar-refractivity contribution >= 4 is 17.6 Å². The van der Waals surface area contributed by atoms with Crippen molar-refractivity contribution < 1.29 is 24.2 Å². The van der Waals surface area contributed by atoms with E-state index in [1.54, 1.807) is 31.2 Å². The number of carbonyl (C=O) groups excluding carboxylic acids is 1. The molecule has 0 aromatic heterocycles. The van der Waals surface area contributed by atoms with Gasteiger partial charge in [-0.3, -0.25) is 4.79 Å². The van der Waals surface area contributed by atoms with Crippen molar-refractivity contribution in [1.29, 1.82) is 0 Å². The molecule has 0 aliphatic carbocycles. The van der Waals surface area contributed by atoms with Crippen LogP contribution in [-0.2, 0) is 9.59 Å². The molecule has 0 spiro atoms. The Hall–Kier alpha value is -4.13. The lowest BCUT2D eigenvalue weighted by molar-refractivity contribution is -0.139. The Morgan fingerprint density at radius 3 is 2.42 bits per heavy atom. The Bertz CT molecular complexity index is 1080. The number of hydrazone groups is 1. The maximum Gasteiger partial charge on any atom is 0.341 e. The first-order valence-corrected chi connectivity index (χ1v) is 9.58. The predicted molar refractivity (Wildman–Crippen MR) is 117 cm³/mol. The molecule has 0 aliphatic rings. The average Bonchev–Trinajstić information content (AvgIpc) is 2.80. The summed E-state index contributed by atoms with van der Waals surface area (Å²) < 4.78 is 10.9. The molecule has 7 nitrogen and oxygen atoms in total.